The van der Waals surface area contributed by atoms with Gasteiger partial charge >= 0.3 is 0 Å². The van der Waals surface area contributed by atoms with Gasteiger partial charge in [-0.15, -0.1) is 11.8 Å². The highest BCUT2D eigenvalue weighted by atomic mass is 32.2. The van der Waals surface area contributed by atoms with E-state index < -0.39 is 0 Å². The number of allylic oxidation sites excluding steroid dienone is 1. The summed E-state index contributed by atoms with van der Waals surface area (Å²) in [4.78, 5) is 3.69. The van der Waals surface area contributed by atoms with E-state index >= 15 is 0 Å². The van der Waals surface area contributed by atoms with Gasteiger partial charge in [-0.3, -0.25) is 0 Å². The van der Waals surface area contributed by atoms with Crippen molar-refractivity contribution in [3.8, 4) is 0 Å². The minimum Gasteiger partial charge on any atom is -0.387 e. The number of thiocarbonyl (C=S) groups is 1. The molecular weight excluding hydrogens is 308 g/mol. The number of hydrogen-bond acceptors (Lipinski definition) is 4. The van der Waals surface area contributed by atoms with E-state index in [-0.39, 0.29) is 5.41 Å². The van der Waals surface area contributed by atoms with Gasteiger partial charge in [0.2, 0.25) is 0 Å². The Labute approximate surface area is 147 Å². The number of nitrogens with one attached hydrogen (secondary N) is 1. The summed E-state index contributed by atoms with van der Waals surface area (Å²) in [5, 5.41) is 3.69. The molecule has 0 fully saturated rings. The average Bonchev–Trinajstić information content (AvgIpc) is 2.44. The van der Waals surface area contributed by atoms with Crippen LogP contribution in [0.25, 0.3) is 0 Å². The molecule has 0 spiro atoms. The Morgan fingerprint density at radius 2 is 1.86 bits per heavy atom. The molecule has 0 unspecified atom stereocenters. The maximum absolute atomic E-state index is 5.61. The molecule has 1 aliphatic rings. The summed E-state index contributed by atoms with van der Waals surface area (Å²) in [6, 6.07) is 0. The first kappa shape index (κ1) is 20.0. The second-order valence-electron chi connectivity index (χ2n) is 7.09. The van der Waals surface area contributed by atoms with E-state index in [9.17, 15) is 0 Å². The summed E-state index contributed by atoms with van der Waals surface area (Å²) >= 11 is 7.55. The molecule has 0 radical (unpaired) electrons. The topological polar surface area (TPSA) is 15.3 Å². The maximum atomic E-state index is 5.61. The second kappa shape index (κ2) is 9.94. The highest BCUT2D eigenvalue weighted by Crippen LogP contribution is 2.34. The minimum atomic E-state index is 0.153. The van der Waals surface area contributed by atoms with Crippen molar-refractivity contribution in [3.05, 3.63) is 11.3 Å². The normalized spacial score (nSPS) is 16.5. The molecule has 0 aromatic heterocycles. The highest BCUT2D eigenvalue weighted by molar-refractivity contribution is 8.01. The van der Waals surface area contributed by atoms with Crippen molar-refractivity contribution < 1.29 is 0 Å². The molecular formula is C18H34N2S2. The molecule has 128 valence electrons. The zero-order valence-electron chi connectivity index (χ0n) is 15.1. The lowest BCUT2D eigenvalue weighted by Crippen LogP contribution is -2.31. The number of rotatable bonds is 9. The molecule has 0 atom stereocenters. The third kappa shape index (κ3) is 6.59. The van der Waals surface area contributed by atoms with E-state index in [0.29, 0.717) is 0 Å². The van der Waals surface area contributed by atoms with Gasteiger partial charge in [0.05, 0.1) is 0 Å². The zero-order chi connectivity index (χ0) is 16.6. The molecule has 0 aliphatic carbocycles. The first-order valence-corrected chi connectivity index (χ1v) is 10.3. The molecule has 2 nitrogen and oxygen atoms in total. The standard InChI is InChI=1S/C18H34N2S2/c1-6-11-20(7-2)12-9-8-10-19-15-13-22-14-16(21)17(15)18(3,4)5/h19H,6-14H2,1-5H3. The maximum Gasteiger partial charge on any atom is 0.0339 e. The Balaban J connectivity index is 2.43. The number of hydrogen-bond donors (Lipinski definition) is 1. The average molecular weight is 343 g/mol. The van der Waals surface area contributed by atoms with Gasteiger partial charge < -0.3 is 10.2 Å². The summed E-state index contributed by atoms with van der Waals surface area (Å²) in [6.07, 6.45) is 3.76. The lowest BCUT2D eigenvalue weighted by molar-refractivity contribution is 0.282. The van der Waals surface area contributed by atoms with Gasteiger partial charge in [0.15, 0.2) is 0 Å². The molecule has 1 N–H and O–H groups in total. The second-order valence-corrected chi connectivity index (χ2v) is 8.57. The minimum absolute atomic E-state index is 0.153. The summed E-state index contributed by atoms with van der Waals surface area (Å²) in [7, 11) is 0. The fraction of sp³-hybridized carbons (Fsp3) is 0.833. The lowest BCUT2D eigenvalue weighted by Gasteiger charge is -2.31. The summed E-state index contributed by atoms with van der Waals surface area (Å²) in [5.41, 5.74) is 2.93. The largest absolute Gasteiger partial charge is 0.387 e. The van der Waals surface area contributed by atoms with Crippen LogP contribution in [-0.2, 0) is 0 Å². The monoisotopic (exact) mass is 342 g/mol. The van der Waals surface area contributed by atoms with Gasteiger partial charge in [0, 0.05) is 28.6 Å². The van der Waals surface area contributed by atoms with Crippen LogP contribution in [0.15, 0.2) is 11.3 Å². The van der Waals surface area contributed by atoms with Crippen LogP contribution in [0, 0.1) is 5.41 Å². The first-order chi connectivity index (χ1) is 10.4. The van der Waals surface area contributed by atoms with Crippen LogP contribution < -0.4 is 5.32 Å². The van der Waals surface area contributed by atoms with Crippen molar-refractivity contribution in [1.82, 2.24) is 10.2 Å². The number of nitrogens with zero attached hydrogens (tertiary/aromatic N) is 1. The van der Waals surface area contributed by atoms with Crippen molar-refractivity contribution in [2.45, 2.75) is 53.9 Å². The molecule has 1 rings (SSSR count). The third-order valence-electron chi connectivity index (χ3n) is 4.04. The quantitative estimate of drug-likeness (QED) is 0.490. The van der Waals surface area contributed by atoms with Crippen molar-refractivity contribution >= 4 is 28.8 Å². The first-order valence-electron chi connectivity index (χ1n) is 8.71. The predicted molar refractivity (Wildman–Crippen MR) is 106 cm³/mol. The van der Waals surface area contributed by atoms with Crippen molar-refractivity contribution in [3.63, 3.8) is 0 Å². The highest BCUT2D eigenvalue weighted by Gasteiger charge is 2.27. The molecule has 0 aromatic carbocycles. The molecule has 0 aromatic rings. The predicted octanol–water partition coefficient (Wildman–Crippen LogP) is 4.51. The van der Waals surface area contributed by atoms with Gasteiger partial charge in [-0.2, -0.15) is 0 Å². The molecule has 0 saturated carbocycles. The Kier molecular flexibility index (Phi) is 9.03. The molecule has 0 saturated heterocycles. The van der Waals surface area contributed by atoms with Crippen LogP contribution in [0.5, 0.6) is 0 Å². The molecule has 1 aliphatic heterocycles. The zero-order valence-corrected chi connectivity index (χ0v) is 16.8. The van der Waals surface area contributed by atoms with Gasteiger partial charge in [-0.25, -0.2) is 0 Å². The van der Waals surface area contributed by atoms with Gasteiger partial charge in [0.25, 0.3) is 0 Å². The van der Waals surface area contributed by atoms with Gasteiger partial charge in [-0.05, 0) is 49.9 Å². The molecule has 4 heteroatoms. The van der Waals surface area contributed by atoms with Crippen molar-refractivity contribution in [2.75, 3.05) is 37.7 Å². The van der Waals surface area contributed by atoms with Crippen LogP contribution in [-0.4, -0.2) is 47.4 Å². The molecule has 0 bridgehead atoms. The Morgan fingerprint density at radius 1 is 1.14 bits per heavy atom. The van der Waals surface area contributed by atoms with E-state index in [4.69, 9.17) is 12.2 Å². The van der Waals surface area contributed by atoms with Crippen molar-refractivity contribution in [1.29, 1.82) is 0 Å². The molecule has 22 heavy (non-hydrogen) atoms. The Bertz CT molecular complexity index is 383. The lowest BCUT2D eigenvalue weighted by atomic mass is 9.83. The van der Waals surface area contributed by atoms with E-state index in [2.05, 4.69) is 44.8 Å². The Morgan fingerprint density at radius 3 is 2.45 bits per heavy atom. The van der Waals surface area contributed by atoms with Gasteiger partial charge in [-0.1, -0.05) is 46.8 Å². The van der Waals surface area contributed by atoms with Crippen LogP contribution in [0.2, 0.25) is 0 Å². The van der Waals surface area contributed by atoms with E-state index in [1.165, 1.54) is 50.2 Å². The van der Waals surface area contributed by atoms with Crippen molar-refractivity contribution in [2.24, 2.45) is 5.41 Å². The fourth-order valence-electron chi connectivity index (χ4n) is 3.01. The SMILES string of the molecule is CCCN(CC)CCCCNC1=C(C(C)(C)C)C(=S)CSC1. The fourth-order valence-corrected chi connectivity index (χ4v) is 4.57. The third-order valence-corrected chi connectivity index (χ3v) is 5.55. The molecule has 1 heterocycles. The van der Waals surface area contributed by atoms with Crippen LogP contribution in [0.1, 0.15) is 53.9 Å². The van der Waals surface area contributed by atoms with E-state index in [1.54, 1.807) is 0 Å². The van der Waals surface area contributed by atoms with E-state index in [1.807, 2.05) is 11.8 Å². The smallest absolute Gasteiger partial charge is 0.0339 e. The number of unbranched alkanes of at least 4 members (excludes halogenated alkanes) is 1. The number of thioether (sulfide) groups is 1. The van der Waals surface area contributed by atoms with Crippen LogP contribution in [0.4, 0.5) is 0 Å². The summed E-state index contributed by atoms with van der Waals surface area (Å²) in [5.74, 6) is 2.10. The van der Waals surface area contributed by atoms with Crippen LogP contribution in [0.3, 0.4) is 0 Å². The molecule has 0 amide bonds. The van der Waals surface area contributed by atoms with Gasteiger partial charge in [0.1, 0.15) is 0 Å². The van der Waals surface area contributed by atoms with Crippen LogP contribution >= 0.6 is 24.0 Å². The summed E-state index contributed by atoms with van der Waals surface area (Å²) in [6.45, 7) is 16.0. The Hall–Kier alpha value is -0.0600. The summed E-state index contributed by atoms with van der Waals surface area (Å²) < 4.78 is 0. The van der Waals surface area contributed by atoms with E-state index in [0.717, 1.165) is 22.9 Å².